The molecule has 0 bridgehead atoms. The smallest absolute Gasteiger partial charge is 0.115 e. The van der Waals surface area contributed by atoms with Crippen molar-refractivity contribution in [2.24, 2.45) is 0 Å². The van der Waals surface area contributed by atoms with Crippen molar-refractivity contribution in [1.82, 2.24) is 10.2 Å². The number of nitrogens with one attached hydrogen (secondary N) is 1. The van der Waals surface area contributed by atoms with E-state index in [-0.39, 0.29) is 5.54 Å². The van der Waals surface area contributed by atoms with E-state index in [2.05, 4.69) is 36.2 Å². The van der Waals surface area contributed by atoms with Crippen LogP contribution in [0.15, 0.2) is 24.3 Å². The highest BCUT2D eigenvalue weighted by Gasteiger charge is 2.45. The second-order valence-corrected chi connectivity index (χ2v) is 7.21. The van der Waals surface area contributed by atoms with Crippen molar-refractivity contribution in [3.8, 4) is 5.75 Å². The molecule has 2 N–H and O–H groups in total. The molecule has 1 aromatic rings. The molecular weight excluding hydrogens is 260 g/mol. The molecule has 1 saturated heterocycles. The molecule has 2 aliphatic rings. The zero-order valence-corrected chi connectivity index (χ0v) is 13.4. The fraction of sp³-hybridized carbons (Fsp3) is 0.667. The van der Waals surface area contributed by atoms with Crippen molar-refractivity contribution in [2.75, 3.05) is 13.1 Å². The van der Waals surface area contributed by atoms with Gasteiger partial charge in [-0.3, -0.25) is 4.90 Å². The standard InChI is InChI=1S/C18H28N2O/c1-3-17(2)13-19-18(10-4-5-11-18)14-20(17)12-15-6-8-16(21)9-7-15/h6-9,19,21H,3-5,10-14H2,1-2H3. The summed E-state index contributed by atoms with van der Waals surface area (Å²) < 4.78 is 0. The van der Waals surface area contributed by atoms with Crippen molar-refractivity contribution in [1.29, 1.82) is 0 Å². The van der Waals surface area contributed by atoms with E-state index in [0.29, 0.717) is 11.3 Å². The lowest BCUT2D eigenvalue weighted by Crippen LogP contribution is -2.67. The summed E-state index contributed by atoms with van der Waals surface area (Å²) in [5.41, 5.74) is 1.87. The summed E-state index contributed by atoms with van der Waals surface area (Å²) in [5, 5.41) is 13.3. The number of aromatic hydroxyl groups is 1. The maximum Gasteiger partial charge on any atom is 0.115 e. The molecule has 3 heteroatoms. The van der Waals surface area contributed by atoms with Crippen molar-refractivity contribution in [2.45, 2.75) is 63.6 Å². The van der Waals surface area contributed by atoms with Crippen LogP contribution >= 0.6 is 0 Å². The lowest BCUT2D eigenvalue weighted by Gasteiger charge is -2.52. The van der Waals surface area contributed by atoms with E-state index >= 15 is 0 Å². The zero-order valence-electron chi connectivity index (χ0n) is 13.4. The van der Waals surface area contributed by atoms with Gasteiger partial charge in [-0.1, -0.05) is 31.9 Å². The van der Waals surface area contributed by atoms with Crippen LogP contribution < -0.4 is 5.32 Å². The number of piperazine rings is 1. The van der Waals surface area contributed by atoms with Crippen LogP contribution in [0.5, 0.6) is 5.75 Å². The molecule has 0 aromatic heterocycles. The number of phenols is 1. The van der Waals surface area contributed by atoms with Crippen LogP contribution in [-0.2, 0) is 6.54 Å². The molecule has 1 spiro atoms. The summed E-state index contributed by atoms with van der Waals surface area (Å²) in [7, 11) is 0. The Kier molecular flexibility index (Phi) is 3.98. The minimum absolute atomic E-state index is 0.228. The van der Waals surface area contributed by atoms with Crippen LogP contribution in [0.4, 0.5) is 0 Å². The van der Waals surface area contributed by atoms with Gasteiger partial charge in [0.1, 0.15) is 5.75 Å². The fourth-order valence-corrected chi connectivity index (χ4v) is 3.91. The molecule has 1 unspecified atom stereocenters. The minimum Gasteiger partial charge on any atom is -0.508 e. The molecular formula is C18H28N2O. The Bertz CT molecular complexity index is 478. The highest BCUT2D eigenvalue weighted by atomic mass is 16.3. The fourth-order valence-electron chi connectivity index (χ4n) is 3.91. The summed E-state index contributed by atoms with van der Waals surface area (Å²) in [6.45, 7) is 7.88. The third-order valence-electron chi connectivity index (χ3n) is 5.73. The van der Waals surface area contributed by atoms with Gasteiger partial charge in [0.25, 0.3) is 0 Å². The van der Waals surface area contributed by atoms with E-state index in [1.807, 2.05) is 0 Å². The second-order valence-electron chi connectivity index (χ2n) is 7.21. The largest absolute Gasteiger partial charge is 0.508 e. The average molecular weight is 288 g/mol. The molecule has 3 nitrogen and oxygen atoms in total. The lowest BCUT2D eigenvalue weighted by molar-refractivity contribution is 0.00778. The Labute approximate surface area is 128 Å². The van der Waals surface area contributed by atoms with Gasteiger partial charge >= 0.3 is 0 Å². The normalized spacial score (nSPS) is 29.0. The highest BCUT2D eigenvalue weighted by molar-refractivity contribution is 5.26. The topological polar surface area (TPSA) is 35.5 Å². The predicted molar refractivity (Wildman–Crippen MR) is 86.4 cm³/mol. The highest BCUT2D eigenvalue weighted by Crippen LogP contribution is 2.37. The quantitative estimate of drug-likeness (QED) is 0.896. The number of hydrogen-bond donors (Lipinski definition) is 2. The second kappa shape index (κ2) is 5.62. The van der Waals surface area contributed by atoms with E-state index in [0.717, 1.165) is 26.1 Å². The summed E-state index contributed by atoms with van der Waals surface area (Å²) in [4.78, 5) is 2.67. The maximum absolute atomic E-state index is 9.46. The average Bonchev–Trinajstić information content (AvgIpc) is 2.94. The van der Waals surface area contributed by atoms with Crippen LogP contribution in [0.25, 0.3) is 0 Å². The number of hydrogen-bond acceptors (Lipinski definition) is 3. The third kappa shape index (κ3) is 2.95. The number of benzene rings is 1. The van der Waals surface area contributed by atoms with Gasteiger partial charge in [0.05, 0.1) is 0 Å². The van der Waals surface area contributed by atoms with Crippen molar-refractivity contribution in [3.63, 3.8) is 0 Å². The van der Waals surface area contributed by atoms with Gasteiger partial charge < -0.3 is 10.4 Å². The SMILES string of the molecule is CCC1(C)CNC2(CCCC2)CN1Cc1ccc(O)cc1. The van der Waals surface area contributed by atoms with E-state index in [1.165, 1.54) is 31.2 Å². The molecule has 1 saturated carbocycles. The molecule has 1 atom stereocenters. The van der Waals surface area contributed by atoms with E-state index < -0.39 is 0 Å². The molecule has 1 heterocycles. The Morgan fingerprint density at radius 3 is 2.48 bits per heavy atom. The van der Waals surface area contributed by atoms with E-state index in [1.54, 1.807) is 12.1 Å². The molecule has 1 aliphatic carbocycles. The first-order chi connectivity index (χ1) is 10.1. The van der Waals surface area contributed by atoms with Gasteiger partial charge in [-0.05, 0) is 43.9 Å². The van der Waals surface area contributed by atoms with Crippen molar-refractivity contribution in [3.05, 3.63) is 29.8 Å². The molecule has 2 fully saturated rings. The van der Waals surface area contributed by atoms with Crippen LogP contribution in [0.2, 0.25) is 0 Å². The summed E-state index contributed by atoms with van der Waals surface area (Å²) in [6, 6.07) is 7.70. The molecule has 3 rings (SSSR count). The molecule has 21 heavy (non-hydrogen) atoms. The number of phenolic OH excluding ortho intramolecular Hbond substituents is 1. The van der Waals surface area contributed by atoms with Crippen molar-refractivity contribution < 1.29 is 5.11 Å². The Morgan fingerprint density at radius 2 is 1.86 bits per heavy atom. The zero-order chi connectivity index (χ0) is 14.9. The molecule has 116 valence electrons. The summed E-state index contributed by atoms with van der Waals surface area (Å²) in [6.07, 6.45) is 6.53. The lowest BCUT2D eigenvalue weighted by atomic mass is 9.84. The van der Waals surface area contributed by atoms with Crippen LogP contribution in [0, 0.1) is 0 Å². The first kappa shape index (κ1) is 14.9. The van der Waals surface area contributed by atoms with Gasteiger partial charge in [0.2, 0.25) is 0 Å². The van der Waals surface area contributed by atoms with Crippen LogP contribution in [0.1, 0.15) is 51.5 Å². The Morgan fingerprint density at radius 1 is 1.19 bits per heavy atom. The Hall–Kier alpha value is -1.06. The third-order valence-corrected chi connectivity index (χ3v) is 5.73. The monoisotopic (exact) mass is 288 g/mol. The number of rotatable bonds is 3. The molecule has 1 aliphatic heterocycles. The van der Waals surface area contributed by atoms with Gasteiger partial charge in [0, 0.05) is 30.7 Å². The van der Waals surface area contributed by atoms with Crippen LogP contribution in [0.3, 0.4) is 0 Å². The number of nitrogens with zero attached hydrogens (tertiary/aromatic N) is 1. The van der Waals surface area contributed by atoms with Gasteiger partial charge in [-0.2, -0.15) is 0 Å². The summed E-state index contributed by atoms with van der Waals surface area (Å²) >= 11 is 0. The van der Waals surface area contributed by atoms with Gasteiger partial charge in [-0.25, -0.2) is 0 Å². The van der Waals surface area contributed by atoms with E-state index in [4.69, 9.17) is 0 Å². The molecule has 0 radical (unpaired) electrons. The van der Waals surface area contributed by atoms with Gasteiger partial charge in [0.15, 0.2) is 0 Å². The minimum atomic E-state index is 0.228. The predicted octanol–water partition coefficient (Wildman–Crippen LogP) is 3.28. The summed E-state index contributed by atoms with van der Waals surface area (Å²) in [5.74, 6) is 0.351. The molecule has 0 amide bonds. The van der Waals surface area contributed by atoms with Crippen LogP contribution in [-0.4, -0.2) is 34.2 Å². The molecule has 1 aromatic carbocycles. The first-order valence-corrected chi connectivity index (χ1v) is 8.33. The Balaban J connectivity index is 1.79. The van der Waals surface area contributed by atoms with E-state index in [9.17, 15) is 5.11 Å². The van der Waals surface area contributed by atoms with Crippen molar-refractivity contribution >= 4 is 0 Å². The maximum atomic E-state index is 9.46. The first-order valence-electron chi connectivity index (χ1n) is 8.33. The van der Waals surface area contributed by atoms with Gasteiger partial charge in [-0.15, -0.1) is 0 Å².